The number of hydrogen-bond donors (Lipinski definition) is 9. The molecule has 4 unspecified atom stereocenters. The highest BCUT2D eigenvalue weighted by Crippen LogP contribution is 2.12. The third-order valence-electron chi connectivity index (χ3n) is 4.87. The number of hydrogen-bond acceptors (Lipinski definition) is 9. The predicted molar refractivity (Wildman–Crippen MR) is 129 cm³/mol. The van der Waals surface area contributed by atoms with Crippen LogP contribution in [0.4, 0.5) is 0 Å². The Balaban J connectivity index is 3.18. The molecule has 5 amide bonds. The highest BCUT2D eigenvalue weighted by atomic mass is 32.1. The van der Waals surface area contributed by atoms with Gasteiger partial charge in [-0.25, -0.2) is 4.79 Å². The minimum absolute atomic E-state index is 0.0294. The summed E-state index contributed by atoms with van der Waals surface area (Å²) in [4.78, 5) is 72.0. The zero-order valence-corrected chi connectivity index (χ0v) is 20.1. The first kappa shape index (κ1) is 30.2. The van der Waals surface area contributed by atoms with E-state index in [2.05, 4.69) is 28.6 Å². The zero-order chi connectivity index (χ0) is 27.4. The van der Waals surface area contributed by atoms with Gasteiger partial charge in [0.2, 0.25) is 29.5 Å². The standard InChI is InChI=1S/C21H30N6O8S/c22-12(9-36)18(31)25-13(5-6-16(23)29)19(32)26-14(7-10-1-3-11(28)4-2-10)20(33)27-15(21(34)35)8-17(24)30/h1-4,12-15,28,36H,5-9,22H2,(H2,23,29)(H2,24,30)(H,25,31)(H,26,32)(H,27,33)(H,34,35). The lowest BCUT2D eigenvalue weighted by molar-refractivity contribution is -0.143. The van der Waals surface area contributed by atoms with E-state index in [0.29, 0.717) is 5.56 Å². The van der Waals surface area contributed by atoms with Gasteiger partial charge < -0.3 is 43.4 Å². The van der Waals surface area contributed by atoms with Crippen LogP contribution in [0.15, 0.2) is 24.3 Å². The van der Waals surface area contributed by atoms with E-state index in [4.69, 9.17) is 17.2 Å². The van der Waals surface area contributed by atoms with Crippen molar-refractivity contribution >= 4 is 48.1 Å². The summed E-state index contributed by atoms with van der Waals surface area (Å²) in [6.07, 6.45) is -1.34. The van der Waals surface area contributed by atoms with Gasteiger partial charge in [-0.1, -0.05) is 12.1 Å². The van der Waals surface area contributed by atoms with Gasteiger partial charge in [0.25, 0.3) is 0 Å². The smallest absolute Gasteiger partial charge is 0.326 e. The Morgan fingerprint density at radius 1 is 0.833 bits per heavy atom. The Labute approximate surface area is 211 Å². The van der Waals surface area contributed by atoms with Crippen molar-refractivity contribution in [3.05, 3.63) is 29.8 Å². The number of carboxylic acids is 1. The SMILES string of the molecule is NC(=O)CCC(NC(=O)C(N)CS)C(=O)NC(Cc1ccc(O)cc1)C(=O)NC(CC(N)=O)C(=O)O. The number of aliphatic carboxylic acids is 1. The summed E-state index contributed by atoms with van der Waals surface area (Å²) in [5, 5.41) is 25.7. The lowest BCUT2D eigenvalue weighted by Gasteiger charge is -2.25. The van der Waals surface area contributed by atoms with Crippen LogP contribution >= 0.6 is 12.6 Å². The molecule has 0 fully saturated rings. The first-order valence-corrected chi connectivity index (χ1v) is 11.3. The lowest BCUT2D eigenvalue weighted by Crippen LogP contribution is -2.58. The third-order valence-corrected chi connectivity index (χ3v) is 5.27. The molecule has 14 nitrogen and oxygen atoms in total. The Morgan fingerprint density at radius 2 is 1.36 bits per heavy atom. The summed E-state index contributed by atoms with van der Waals surface area (Å²) < 4.78 is 0. The van der Waals surface area contributed by atoms with Crippen molar-refractivity contribution < 1.29 is 39.0 Å². The molecule has 36 heavy (non-hydrogen) atoms. The monoisotopic (exact) mass is 526 g/mol. The van der Waals surface area contributed by atoms with E-state index in [1.165, 1.54) is 24.3 Å². The van der Waals surface area contributed by atoms with Crippen molar-refractivity contribution in [3.8, 4) is 5.75 Å². The first-order valence-electron chi connectivity index (χ1n) is 10.7. The maximum absolute atomic E-state index is 13.0. The number of phenols is 1. The maximum atomic E-state index is 13.0. The molecular formula is C21H30N6O8S. The molecule has 0 spiro atoms. The van der Waals surface area contributed by atoms with Crippen LogP contribution in [-0.2, 0) is 35.2 Å². The number of amides is 5. The summed E-state index contributed by atoms with van der Waals surface area (Å²) >= 11 is 3.92. The highest BCUT2D eigenvalue weighted by Gasteiger charge is 2.31. The van der Waals surface area contributed by atoms with Crippen molar-refractivity contribution in [1.29, 1.82) is 0 Å². The molecule has 11 N–H and O–H groups in total. The van der Waals surface area contributed by atoms with Crippen LogP contribution in [0.3, 0.4) is 0 Å². The Bertz CT molecular complexity index is 974. The fraction of sp³-hybridized carbons (Fsp3) is 0.429. The highest BCUT2D eigenvalue weighted by molar-refractivity contribution is 7.80. The largest absolute Gasteiger partial charge is 0.508 e. The molecular weight excluding hydrogens is 496 g/mol. The van der Waals surface area contributed by atoms with Gasteiger partial charge in [-0.2, -0.15) is 12.6 Å². The second-order valence-corrected chi connectivity index (χ2v) is 8.22. The summed E-state index contributed by atoms with van der Waals surface area (Å²) in [5.41, 5.74) is 16.3. The Hall–Kier alpha value is -3.85. The first-order chi connectivity index (χ1) is 16.8. The van der Waals surface area contributed by atoms with E-state index in [9.17, 15) is 39.0 Å². The second kappa shape index (κ2) is 14.5. The minimum Gasteiger partial charge on any atom is -0.508 e. The molecule has 15 heteroatoms. The van der Waals surface area contributed by atoms with Crippen molar-refractivity contribution in [2.24, 2.45) is 17.2 Å². The summed E-state index contributed by atoms with van der Waals surface area (Å²) in [7, 11) is 0. The van der Waals surface area contributed by atoms with Crippen molar-refractivity contribution in [2.45, 2.75) is 49.9 Å². The Morgan fingerprint density at radius 3 is 1.86 bits per heavy atom. The van der Waals surface area contributed by atoms with Crippen LogP contribution in [0, 0.1) is 0 Å². The number of carbonyl (C=O) groups excluding carboxylic acids is 5. The predicted octanol–water partition coefficient (Wildman–Crippen LogP) is -3.13. The molecule has 0 saturated heterocycles. The number of carboxylic acid groups (broad SMARTS) is 1. The van der Waals surface area contributed by atoms with Gasteiger partial charge in [-0.15, -0.1) is 0 Å². The van der Waals surface area contributed by atoms with Gasteiger partial charge in [0, 0.05) is 18.6 Å². The average Bonchev–Trinajstić information content (AvgIpc) is 2.80. The molecule has 0 radical (unpaired) electrons. The summed E-state index contributed by atoms with van der Waals surface area (Å²) in [6, 6.07) is 0.208. The van der Waals surface area contributed by atoms with E-state index in [0.717, 1.165) is 0 Å². The molecule has 0 aliphatic rings. The second-order valence-electron chi connectivity index (χ2n) is 7.86. The number of primary amides is 2. The molecule has 1 aromatic carbocycles. The quantitative estimate of drug-likeness (QED) is 0.105. The molecule has 0 aliphatic heterocycles. The molecule has 1 rings (SSSR count). The van der Waals surface area contributed by atoms with E-state index in [1.54, 1.807) is 0 Å². The lowest BCUT2D eigenvalue weighted by atomic mass is 10.0. The molecule has 4 atom stereocenters. The number of phenolic OH excluding ortho intramolecular Hbond substituents is 1. The molecule has 0 aromatic heterocycles. The van der Waals surface area contributed by atoms with Gasteiger partial charge in [0.15, 0.2) is 0 Å². The van der Waals surface area contributed by atoms with Crippen LogP contribution in [0.2, 0.25) is 0 Å². The topological polar surface area (TPSA) is 257 Å². The maximum Gasteiger partial charge on any atom is 0.326 e. The number of nitrogens with one attached hydrogen (secondary N) is 3. The van der Waals surface area contributed by atoms with Crippen LogP contribution in [0.25, 0.3) is 0 Å². The van der Waals surface area contributed by atoms with Gasteiger partial charge in [0.05, 0.1) is 12.5 Å². The van der Waals surface area contributed by atoms with Gasteiger partial charge >= 0.3 is 5.97 Å². The summed E-state index contributed by atoms with van der Waals surface area (Å²) in [5.74, 6) is -5.89. The molecule has 0 aliphatic carbocycles. The fourth-order valence-electron chi connectivity index (χ4n) is 2.94. The van der Waals surface area contributed by atoms with Crippen LogP contribution in [0.1, 0.15) is 24.8 Å². The number of thiol groups is 1. The number of benzene rings is 1. The van der Waals surface area contributed by atoms with Gasteiger partial charge in [-0.3, -0.25) is 24.0 Å². The number of carbonyl (C=O) groups is 6. The normalized spacial score (nSPS) is 13.9. The van der Waals surface area contributed by atoms with E-state index in [1.807, 2.05) is 0 Å². The van der Waals surface area contributed by atoms with Crippen LogP contribution in [0.5, 0.6) is 5.75 Å². The molecule has 0 heterocycles. The van der Waals surface area contributed by atoms with Crippen molar-refractivity contribution in [3.63, 3.8) is 0 Å². The van der Waals surface area contributed by atoms with E-state index < -0.39 is 66.1 Å². The van der Waals surface area contributed by atoms with E-state index >= 15 is 0 Å². The molecule has 198 valence electrons. The number of nitrogens with two attached hydrogens (primary N) is 3. The van der Waals surface area contributed by atoms with Crippen molar-refractivity contribution in [2.75, 3.05) is 5.75 Å². The average molecular weight is 527 g/mol. The van der Waals surface area contributed by atoms with Crippen molar-refractivity contribution in [1.82, 2.24) is 16.0 Å². The number of rotatable bonds is 15. The van der Waals surface area contributed by atoms with Gasteiger partial charge in [-0.05, 0) is 24.1 Å². The molecule has 1 aromatic rings. The number of aromatic hydroxyl groups is 1. The van der Waals surface area contributed by atoms with E-state index in [-0.39, 0.29) is 30.8 Å². The minimum atomic E-state index is -1.66. The molecule has 0 bridgehead atoms. The fourth-order valence-corrected chi connectivity index (χ4v) is 3.11. The third kappa shape index (κ3) is 10.6. The van der Waals surface area contributed by atoms with Gasteiger partial charge in [0.1, 0.15) is 23.9 Å². The zero-order valence-electron chi connectivity index (χ0n) is 19.2. The Kier molecular flexibility index (Phi) is 12.2. The summed E-state index contributed by atoms with van der Waals surface area (Å²) in [6.45, 7) is 0. The van der Waals surface area contributed by atoms with Crippen LogP contribution in [-0.4, -0.2) is 75.6 Å². The molecule has 0 saturated carbocycles. The van der Waals surface area contributed by atoms with Crippen LogP contribution < -0.4 is 33.2 Å².